The molecule has 106 valence electrons. The van der Waals surface area contributed by atoms with Gasteiger partial charge in [-0.05, 0) is 44.4 Å². The summed E-state index contributed by atoms with van der Waals surface area (Å²) in [6.07, 6.45) is 3.23. The van der Waals surface area contributed by atoms with E-state index in [1.165, 1.54) is 0 Å². The Labute approximate surface area is 115 Å². The molecule has 2 atom stereocenters. The largest absolute Gasteiger partial charge is 0.381 e. The van der Waals surface area contributed by atoms with Crippen LogP contribution < -0.4 is 5.32 Å². The smallest absolute Gasteiger partial charge is 0.128 e. The second-order valence-electron chi connectivity index (χ2n) is 5.43. The number of rotatable bonds is 5. The molecular weight excluding hydrogens is 241 g/mol. The molecule has 3 heteroatoms. The van der Waals surface area contributed by atoms with E-state index < -0.39 is 0 Å². The van der Waals surface area contributed by atoms with Crippen LogP contribution in [-0.4, -0.2) is 19.8 Å². The lowest BCUT2D eigenvalue weighted by atomic mass is 9.88. The maximum Gasteiger partial charge on any atom is 0.128 e. The first-order valence-corrected chi connectivity index (χ1v) is 7.29. The molecule has 2 rings (SSSR count). The molecule has 1 fully saturated rings. The second kappa shape index (κ2) is 7.01. The first kappa shape index (κ1) is 14.5. The van der Waals surface area contributed by atoms with Crippen molar-refractivity contribution in [3.63, 3.8) is 0 Å². The Morgan fingerprint density at radius 2 is 2.32 bits per heavy atom. The van der Waals surface area contributed by atoms with Gasteiger partial charge in [0.25, 0.3) is 0 Å². The quantitative estimate of drug-likeness (QED) is 0.878. The van der Waals surface area contributed by atoms with Gasteiger partial charge in [0.1, 0.15) is 5.82 Å². The van der Waals surface area contributed by atoms with E-state index in [1.54, 1.807) is 6.07 Å². The van der Waals surface area contributed by atoms with Crippen LogP contribution in [0.5, 0.6) is 0 Å². The Bertz CT molecular complexity index is 402. The normalized spacial score (nSPS) is 21.3. The molecule has 1 aliphatic rings. The summed E-state index contributed by atoms with van der Waals surface area (Å²) < 4.78 is 19.8. The molecule has 0 spiro atoms. The van der Waals surface area contributed by atoms with E-state index in [2.05, 4.69) is 12.2 Å². The molecule has 0 aromatic heterocycles. The lowest BCUT2D eigenvalue weighted by molar-refractivity contribution is 0.0385. The highest BCUT2D eigenvalue weighted by atomic mass is 19.1. The van der Waals surface area contributed by atoms with Gasteiger partial charge in [-0.2, -0.15) is 0 Å². The molecule has 2 unspecified atom stereocenters. The highest BCUT2D eigenvalue weighted by molar-refractivity contribution is 5.26. The molecule has 19 heavy (non-hydrogen) atoms. The fourth-order valence-electron chi connectivity index (χ4n) is 2.74. The minimum atomic E-state index is -0.0980. The Hall–Kier alpha value is -0.930. The molecule has 1 aliphatic heterocycles. The first-order valence-electron chi connectivity index (χ1n) is 7.29. The van der Waals surface area contributed by atoms with Crippen molar-refractivity contribution >= 4 is 0 Å². The lowest BCUT2D eigenvalue weighted by Gasteiger charge is -2.31. The molecule has 0 saturated carbocycles. The van der Waals surface area contributed by atoms with Crippen LogP contribution in [0.4, 0.5) is 4.39 Å². The fourth-order valence-corrected chi connectivity index (χ4v) is 2.74. The third-order valence-corrected chi connectivity index (χ3v) is 3.77. The Morgan fingerprint density at radius 3 is 2.95 bits per heavy atom. The average molecular weight is 265 g/mol. The number of hydrogen-bond donors (Lipinski definition) is 1. The van der Waals surface area contributed by atoms with Crippen LogP contribution >= 0.6 is 0 Å². The predicted molar refractivity (Wildman–Crippen MR) is 75.7 cm³/mol. The molecule has 1 aromatic carbocycles. The van der Waals surface area contributed by atoms with Gasteiger partial charge in [0.05, 0.1) is 6.61 Å². The maximum atomic E-state index is 14.2. The number of aryl methyl sites for hydroxylation is 1. The van der Waals surface area contributed by atoms with Gasteiger partial charge in [-0.25, -0.2) is 4.39 Å². The number of ether oxygens (including phenoxy) is 1. The maximum absolute atomic E-state index is 14.2. The van der Waals surface area contributed by atoms with Gasteiger partial charge < -0.3 is 10.1 Å². The summed E-state index contributed by atoms with van der Waals surface area (Å²) in [5.74, 6) is 0.275. The van der Waals surface area contributed by atoms with E-state index in [0.717, 1.165) is 50.1 Å². The Kier molecular flexibility index (Phi) is 5.34. The van der Waals surface area contributed by atoms with Crippen molar-refractivity contribution in [2.45, 2.75) is 39.2 Å². The van der Waals surface area contributed by atoms with E-state index in [0.29, 0.717) is 5.92 Å². The van der Waals surface area contributed by atoms with E-state index in [4.69, 9.17) is 4.74 Å². The van der Waals surface area contributed by atoms with E-state index >= 15 is 0 Å². The van der Waals surface area contributed by atoms with Gasteiger partial charge in [-0.1, -0.05) is 19.1 Å². The van der Waals surface area contributed by atoms with Crippen molar-refractivity contribution in [3.05, 3.63) is 35.1 Å². The summed E-state index contributed by atoms with van der Waals surface area (Å²) in [7, 11) is 0. The summed E-state index contributed by atoms with van der Waals surface area (Å²) >= 11 is 0. The monoisotopic (exact) mass is 265 g/mol. The lowest BCUT2D eigenvalue weighted by Crippen LogP contribution is -2.34. The molecule has 1 saturated heterocycles. The summed E-state index contributed by atoms with van der Waals surface area (Å²) in [6.45, 7) is 6.54. The predicted octanol–water partition coefficient (Wildman–Crippen LogP) is 3.60. The van der Waals surface area contributed by atoms with Crippen molar-refractivity contribution in [1.82, 2.24) is 5.32 Å². The molecule has 1 heterocycles. The van der Waals surface area contributed by atoms with Crippen LogP contribution in [0.3, 0.4) is 0 Å². The van der Waals surface area contributed by atoms with Crippen molar-refractivity contribution < 1.29 is 9.13 Å². The van der Waals surface area contributed by atoms with Crippen LogP contribution in [0.25, 0.3) is 0 Å². The number of nitrogens with one attached hydrogen (secondary N) is 1. The van der Waals surface area contributed by atoms with Crippen LogP contribution in [0.15, 0.2) is 18.2 Å². The van der Waals surface area contributed by atoms with Crippen molar-refractivity contribution in [2.75, 3.05) is 19.8 Å². The van der Waals surface area contributed by atoms with Gasteiger partial charge in [0, 0.05) is 24.1 Å². The summed E-state index contributed by atoms with van der Waals surface area (Å²) in [6, 6.07) is 5.61. The van der Waals surface area contributed by atoms with Crippen molar-refractivity contribution in [3.8, 4) is 0 Å². The second-order valence-corrected chi connectivity index (χ2v) is 5.43. The molecule has 0 bridgehead atoms. The zero-order valence-corrected chi connectivity index (χ0v) is 11.9. The topological polar surface area (TPSA) is 21.3 Å². The summed E-state index contributed by atoms with van der Waals surface area (Å²) in [5, 5.41) is 3.50. The Balaban J connectivity index is 2.19. The van der Waals surface area contributed by atoms with Crippen LogP contribution in [-0.2, 0) is 4.74 Å². The van der Waals surface area contributed by atoms with Crippen molar-refractivity contribution in [1.29, 1.82) is 0 Å². The zero-order chi connectivity index (χ0) is 13.7. The minimum Gasteiger partial charge on any atom is -0.381 e. The molecule has 0 aliphatic carbocycles. The summed E-state index contributed by atoms with van der Waals surface area (Å²) in [4.78, 5) is 0. The molecule has 0 amide bonds. The van der Waals surface area contributed by atoms with Crippen LogP contribution in [0.2, 0.25) is 0 Å². The minimum absolute atomic E-state index is 0.0702. The first-order chi connectivity index (χ1) is 9.22. The third-order valence-electron chi connectivity index (χ3n) is 3.77. The molecule has 1 N–H and O–H groups in total. The van der Waals surface area contributed by atoms with Crippen molar-refractivity contribution in [2.24, 2.45) is 5.92 Å². The van der Waals surface area contributed by atoms with Gasteiger partial charge in [0.15, 0.2) is 0 Å². The molecule has 2 nitrogen and oxygen atoms in total. The summed E-state index contributed by atoms with van der Waals surface area (Å²) in [5.41, 5.74) is 1.75. The highest BCUT2D eigenvalue weighted by Crippen LogP contribution is 2.30. The SMILES string of the molecule is CCCNC(c1ccc(C)cc1F)C1CCCOC1. The molecular formula is C16H24FNO. The van der Waals surface area contributed by atoms with Gasteiger partial charge >= 0.3 is 0 Å². The highest BCUT2D eigenvalue weighted by Gasteiger charge is 2.27. The zero-order valence-electron chi connectivity index (χ0n) is 11.9. The van der Waals surface area contributed by atoms with E-state index in [1.807, 2.05) is 19.1 Å². The van der Waals surface area contributed by atoms with Gasteiger partial charge in [-0.15, -0.1) is 0 Å². The number of benzene rings is 1. The molecule has 1 aromatic rings. The van der Waals surface area contributed by atoms with Gasteiger partial charge in [0.2, 0.25) is 0 Å². The standard InChI is InChI=1S/C16H24FNO/c1-3-8-18-16(13-5-4-9-19-11-13)14-7-6-12(2)10-15(14)17/h6-7,10,13,16,18H,3-5,8-9,11H2,1-2H3. The fraction of sp³-hybridized carbons (Fsp3) is 0.625. The average Bonchev–Trinajstić information content (AvgIpc) is 2.42. The third kappa shape index (κ3) is 3.77. The molecule has 0 radical (unpaired) electrons. The van der Waals surface area contributed by atoms with Gasteiger partial charge in [-0.3, -0.25) is 0 Å². The van der Waals surface area contributed by atoms with E-state index in [-0.39, 0.29) is 11.9 Å². The Morgan fingerprint density at radius 1 is 1.47 bits per heavy atom. The number of hydrogen-bond acceptors (Lipinski definition) is 2. The van der Waals surface area contributed by atoms with Crippen LogP contribution in [0, 0.1) is 18.7 Å². The van der Waals surface area contributed by atoms with E-state index in [9.17, 15) is 4.39 Å². The number of halogens is 1. The van der Waals surface area contributed by atoms with Crippen LogP contribution in [0.1, 0.15) is 43.4 Å².